The van der Waals surface area contributed by atoms with Crippen molar-refractivity contribution in [3.63, 3.8) is 0 Å². The van der Waals surface area contributed by atoms with E-state index in [1.54, 1.807) is 15.0 Å². The summed E-state index contributed by atoms with van der Waals surface area (Å²) in [5.41, 5.74) is -0.0885. The van der Waals surface area contributed by atoms with Crippen LogP contribution in [-0.4, -0.2) is 66.4 Å². The summed E-state index contributed by atoms with van der Waals surface area (Å²) in [5, 5.41) is 7.98. The van der Waals surface area contributed by atoms with Crippen LogP contribution in [0.5, 0.6) is 0 Å². The second-order valence-corrected chi connectivity index (χ2v) is 14.4. The predicted octanol–water partition coefficient (Wildman–Crippen LogP) is 4.71. The van der Waals surface area contributed by atoms with Crippen molar-refractivity contribution in [1.29, 1.82) is 0 Å². The summed E-state index contributed by atoms with van der Waals surface area (Å²) in [7, 11) is -3.26. The standard InChI is InChI=1S/C23H28F2N4O2S.C4H7NO3S.C2H4.2C2H2/c1-23(2,3)19(21(31)29-10-4-5-18(29)20(30)26-14-7-8-14)28-22-27-17(12-32-22)15-11-13(24)6-9-16(15)25;6-3-5-9(7,8)4-1-2-4;3*1-2/h6,9,11-12,14,18-19H,4-5,7-8,10H2,1-3H3,(H,26,30)(H,27,28);3-4H,1-2H2,(H,5,6);1-2H2;2*1-2H/t18-,19+;;;;/m0..../s1. The van der Waals surface area contributed by atoms with Gasteiger partial charge in [-0.1, -0.05) is 20.8 Å². The Morgan fingerprint density at radius 1 is 1.09 bits per heavy atom. The first-order chi connectivity index (χ1) is 22.3. The maximum Gasteiger partial charge on any atom is 0.246 e. The van der Waals surface area contributed by atoms with Crippen LogP contribution in [0.25, 0.3) is 11.3 Å². The normalized spacial score (nSPS) is 17.2. The van der Waals surface area contributed by atoms with Crippen molar-refractivity contribution in [3.8, 4) is 37.0 Å². The van der Waals surface area contributed by atoms with Gasteiger partial charge in [0.1, 0.15) is 23.7 Å². The van der Waals surface area contributed by atoms with E-state index in [4.69, 9.17) is 0 Å². The maximum atomic E-state index is 14.1. The molecule has 2 aliphatic carbocycles. The first-order valence-corrected chi connectivity index (χ1v) is 17.1. The van der Waals surface area contributed by atoms with Gasteiger partial charge < -0.3 is 15.5 Å². The lowest BCUT2D eigenvalue weighted by atomic mass is 9.85. The molecule has 0 bridgehead atoms. The third-order valence-electron chi connectivity index (χ3n) is 7.03. The van der Waals surface area contributed by atoms with Gasteiger partial charge in [0.05, 0.1) is 10.9 Å². The highest BCUT2D eigenvalue weighted by atomic mass is 32.2. The third-order valence-corrected chi connectivity index (χ3v) is 9.57. The minimum Gasteiger partial charge on any atom is -0.352 e. The molecule has 1 aromatic heterocycles. The van der Waals surface area contributed by atoms with E-state index in [9.17, 15) is 31.6 Å². The number of anilines is 1. The lowest BCUT2D eigenvalue weighted by Gasteiger charge is -2.35. The molecule has 1 saturated heterocycles. The molecule has 5 rings (SSSR count). The zero-order valence-electron chi connectivity index (χ0n) is 26.9. The molecular weight excluding hydrogens is 649 g/mol. The van der Waals surface area contributed by atoms with Crippen molar-refractivity contribution in [2.45, 2.75) is 82.7 Å². The number of halogens is 2. The summed E-state index contributed by atoms with van der Waals surface area (Å²) in [5.74, 6) is -1.34. The van der Waals surface area contributed by atoms with E-state index in [0.29, 0.717) is 36.6 Å². The van der Waals surface area contributed by atoms with E-state index in [1.165, 1.54) is 11.3 Å². The first-order valence-electron chi connectivity index (χ1n) is 14.7. The number of nitrogens with zero attached hydrogens (tertiary/aromatic N) is 2. The number of terminal acetylenes is 2. The van der Waals surface area contributed by atoms with Crippen LogP contribution in [-0.2, 0) is 24.4 Å². The lowest BCUT2D eigenvalue weighted by molar-refractivity contribution is -0.140. The second kappa shape index (κ2) is 18.8. The van der Waals surface area contributed by atoms with Crippen molar-refractivity contribution < 1.29 is 31.6 Å². The van der Waals surface area contributed by atoms with Gasteiger partial charge in [-0.2, -0.15) is 0 Å². The minimum absolute atomic E-state index is 0.0734. The predicted molar refractivity (Wildman–Crippen MR) is 182 cm³/mol. The van der Waals surface area contributed by atoms with Crippen LogP contribution in [0.2, 0.25) is 0 Å². The third kappa shape index (κ3) is 12.1. The Bertz CT molecular complexity index is 1490. The number of carbonyl (C=O) groups excluding carboxylic acids is 3. The number of sulfonamides is 1. The van der Waals surface area contributed by atoms with Gasteiger partial charge in [-0.15, -0.1) is 50.2 Å². The van der Waals surface area contributed by atoms with Crippen molar-refractivity contribution in [2.75, 3.05) is 11.9 Å². The Kier molecular flexibility index (Phi) is 16.3. The number of nitrogens with one attached hydrogen (secondary N) is 3. The number of aromatic nitrogens is 1. The van der Waals surface area contributed by atoms with E-state index in [2.05, 4.69) is 54.5 Å². The molecular formula is C33H43F2N5O5S2. The van der Waals surface area contributed by atoms with Crippen molar-refractivity contribution in [2.24, 2.45) is 5.41 Å². The van der Waals surface area contributed by atoms with Crippen molar-refractivity contribution >= 4 is 44.7 Å². The fraction of sp³-hybridized carbons (Fsp3) is 0.455. The first kappa shape index (κ1) is 40.8. The van der Waals surface area contributed by atoms with Crippen LogP contribution < -0.4 is 15.4 Å². The average molecular weight is 692 g/mol. The summed E-state index contributed by atoms with van der Waals surface area (Å²) in [6.45, 7) is 12.4. The number of likely N-dealkylation sites (tertiary alicyclic amines) is 1. The number of hydrogen-bond donors (Lipinski definition) is 3. The molecule has 2 aromatic rings. The molecule has 3 aliphatic rings. The molecule has 2 heterocycles. The molecule has 1 aliphatic heterocycles. The van der Waals surface area contributed by atoms with Crippen molar-refractivity contribution in [1.82, 2.24) is 19.9 Å². The number of thiazole rings is 1. The van der Waals surface area contributed by atoms with Crippen LogP contribution in [0.4, 0.5) is 13.9 Å². The van der Waals surface area contributed by atoms with E-state index < -0.39 is 39.2 Å². The molecule has 0 unspecified atom stereocenters. The van der Waals surface area contributed by atoms with Gasteiger partial charge in [0.25, 0.3) is 0 Å². The van der Waals surface area contributed by atoms with Gasteiger partial charge in [0, 0.05) is 23.5 Å². The number of rotatable bonds is 9. The van der Waals surface area contributed by atoms with Crippen LogP contribution in [0.1, 0.15) is 59.3 Å². The molecule has 2 atom stereocenters. The zero-order chi connectivity index (χ0) is 35.9. The Balaban J connectivity index is 0.000000620. The fourth-order valence-corrected chi connectivity index (χ4v) is 6.29. The van der Waals surface area contributed by atoms with Crippen LogP contribution >= 0.6 is 11.3 Å². The maximum absolute atomic E-state index is 14.1. The lowest BCUT2D eigenvalue weighted by Crippen LogP contribution is -2.54. The molecule has 2 saturated carbocycles. The number of carbonyl (C=O) groups is 3. The molecule has 1 aromatic carbocycles. The molecule has 3 fully saturated rings. The van der Waals surface area contributed by atoms with Crippen LogP contribution in [0, 0.1) is 42.7 Å². The number of amides is 3. The van der Waals surface area contributed by atoms with Crippen LogP contribution in [0.3, 0.4) is 0 Å². The van der Waals surface area contributed by atoms with E-state index in [-0.39, 0.29) is 35.1 Å². The molecule has 14 heteroatoms. The smallest absolute Gasteiger partial charge is 0.246 e. The second-order valence-electron chi connectivity index (χ2n) is 11.6. The molecule has 10 nitrogen and oxygen atoms in total. The molecule has 0 spiro atoms. The summed E-state index contributed by atoms with van der Waals surface area (Å²) < 4.78 is 50.8. The van der Waals surface area contributed by atoms with E-state index in [0.717, 1.165) is 37.5 Å². The largest absolute Gasteiger partial charge is 0.352 e. The van der Waals surface area contributed by atoms with E-state index >= 15 is 0 Å². The molecule has 47 heavy (non-hydrogen) atoms. The van der Waals surface area contributed by atoms with Gasteiger partial charge in [-0.25, -0.2) is 22.2 Å². The minimum atomic E-state index is -3.26. The Hall–Kier alpha value is -4.27. The van der Waals surface area contributed by atoms with Crippen LogP contribution in [0.15, 0.2) is 36.7 Å². The van der Waals surface area contributed by atoms with Gasteiger partial charge >= 0.3 is 0 Å². The zero-order valence-corrected chi connectivity index (χ0v) is 28.5. The highest BCUT2D eigenvalue weighted by molar-refractivity contribution is 7.90. The van der Waals surface area contributed by atoms with Gasteiger partial charge in [-0.3, -0.25) is 19.1 Å². The van der Waals surface area contributed by atoms with Gasteiger partial charge in [-0.05, 0) is 62.1 Å². The number of benzene rings is 1. The van der Waals surface area contributed by atoms with Gasteiger partial charge in [0.2, 0.25) is 28.2 Å². The Morgan fingerprint density at radius 2 is 1.70 bits per heavy atom. The SMILES string of the molecule is C#C.C#C.C=C.CC(C)(C)[C@H](Nc1nc(-c2cc(F)ccc2F)cs1)C(=O)N1CCC[C@H]1C(=O)NC1CC1.O=CNS(=O)(=O)C1CC1. The topological polar surface area (TPSA) is 138 Å². The van der Waals surface area contributed by atoms with Gasteiger partial charge in [0.15, 0.2) is 5.13 Å². The highest BCUT2D eigenvalue weighted by Crippen LogP contribution is 2.32. The summed E-state index contributed by atoms with van der Waals surface area (Å²) in [6, 6.07) is 2.39. The number of hydrogen-bond acceptors (Lipinski definition) is 8. The highest BCUT2D eigenvalue weighted by Gasteiger charge is 2.42. The summed E-state index contributed by atoms with van der Waals surface area (Å²) in [6.07, 6.45) is 21.0. The molecule has 0 radical (unpaired) electrons. The molecule has 3 N–H and O–H groups in total. The fourth-order valence-electron chi connectivity index (χ4n) is 4.47. The monoisotopic (exact) mass is 691 g/mol. The summed E-state index contributed by atoms with van der Waals surface area (Å²) in [4.78, 5) is 41.9. The van der Waals surface area contributed by atoms with E-state index in [1.807, 2.05) is 20.8 Å². The summed E-state index contributed by atoms with van der Waals surface area (Å²) >= 11 is 1.23. The Morgan fingerprint density at radius 3 is 2.23 bits per heavy atom. The quantitative estimate of drug-likeness (QED) is 0.197. The Labute approximate surface area is 280 Å². The average Bonchev–Trinajstić information content (AvgIpc) is 3.97. The van der Waals surface area contributed by atoms with Crippen molar-refractivity contribution in [3.05, 3.63) is 48.4 Å². The molecule has 3 amide bonds. The molecule has 256 valence electrons.